The summed E-state index contributed by atoms with van der Waals surface area (Å²) >= 11 is 3.28. The molecule has 0 aliphatic heterocycles. The first kappa shape index (κ1) is 18.2. The lowest BCUT2D eigenvalue weighted by Crippen LogP contribution is -2.31. The first-order valence-electron chi connectivity index (χ1n) is 7.64. The Morgan fingerprint density at radius 3 is 2.71 bits per heavy atom. The Labute approximate surface area is 148 Å². The normalized spacial score (nSPS) is 10.4. The fourth-order valence-electron chi connectivity index (χ4n) is 2.07. The van der Waals surface area contributed by atoms with Gasteiger partial charge < -0.3 is 20.4 Å². The highest BCUT2D eigenvalue weighted by atomic mass is 79.9. The SMILES string of the molecule is NCCNC(=O)CCn1ccc(OCc2ccccc2)c(Br)c1=O. The first-order chi connectivity index (χ1) is 11.6. The predicted octanol–water partition coefficient (Wildman–Crippen LogP) is 1.65. The zero-order valence-electron chi connectivity index (χ0n) is 13.2. The number of halogens is 1. The van der Waals surface area contributed by atoms with Crippen LogP contribution in [-0.4, -0.2) is 23.6 Å². The number of amides is 1. The molecule has 0 aliphatic rings. The molecule has 1 aromatic heterocycles. The van der Waals surface area contributed by atoms with Crippen molar-refractivity contribution in [3.05, 3.63) is 63.0 Å². The number of benzene rings is 1. The van der Waals surface area contributed by atoms with Crippen molar-refractivity contribution in [1.82, 2.24) is 9.88 Å². The summed E-state index contributed by atoms with van der Waals surface area (Å²) in [7, 11) is 0. The van der Waals surface area contributed by atoms with Crippen molar-refractivity contribution in [1.29, 1.82) is 0 Å². The summed E-state index contributed by atoms with van der Waals surface area (Å²) in [6.45, 7) is 1.51. The van der Waals surface area contributed by atoms with Crippen LogP contribution in [0.5, 0.6) is 5.75 Å². The van der Waals surface area contributed by atoms with Crippen LogP contribution in [0, 0.1) is 0 Å². The number of ether oxygens (including phenoxy) is 1. The summed E-state index contributed by atoms with van der Waals surface area (Å²) in [5.41, 5.74) is 6.11. The van der Waals surface area contributed by atoms with Gasteiger partial charge in [-0.1, -0.05) is 30.3 Å². The molecule has 6 nitrogen and oxygen atoms in total. The molecular formula is C17H20BrN3O3. The lowest BCUT2D eigenvalue weighted by molar-refractivity contribution is -0.121. The second kappa shape index (κ2) is 9.24. The number of nitrogens with one attached hydrogen (secondary N) is 1. The molecule has 0 saturated heterocycles. The molecule has 128 valence electrons. The number of aryl methyl sites for hydroxylation is 1. The van der Waals surface area contributed by atoms with E-state index in [4.69, 9.17) is 10.5 Å². The van der Waals surface area contributed by atoms with Crippen LogP contribution in [0.2, 0.25) is 0 Å². The summed E-state index contributed by atoms with van der Waals surface area (Å²) in [6.07, 6.45) is 1.85. The molecule has 0 fully saturated rings. The maximum Gasteiger partial charge on any atom is 0.268 e. The molecule has 24 heavy (non-hydrogen) atoms. The first-order valence-corrected chi connectivity index (χ1v) is 8.43. The Morgan fingerprint density at radius 1 is 1.25 bits per heavy atom. The van der Waals surface area contributed by atoms with E-state index >= 15 is 0 Å². The third kappa shape index (κ3) is 5.21. The zero-order chi connectivity index (χ0) is 17.4. The molecule has 7 heteroatoms. The van der Waals surface area contributed by atoms with E-state index in [-0.39, 0.29) is 17.9 Å². The van der Waals surface area contributed by atoms with Crippen LogP contribution in [0.1, 0.15) is 12.0 Å². The highest BCUT2D eigenvalue weighted by Gasteiger charge is 2.10. The van der Waals surface area contributed by atoms with Crippen LogP contribution < -0.4 is 21.3 Å². The average molecular weight is 394 g/mol. The van der Waals surface area contributed by atoms with Gasteiger partial charge in [-0.25, -0.2) is 0 Å². The van der Waals surface area contributed by atoms with Crippen LogP contribution in [0.25, 0.3) is 0 Å². The highest BCUT2D eigenvalue weighted by molar-refractivity contribution is 9.10. The van der Waals surface area contributed by atoms with Gasteiger partial charge in [0.15, 0.2) is 0 Å². The number of carbonyl (C=O) groups is 1. The number of hydrogen-bond acceptors (Lipinski definition) is 4. The minimum atomic E-state index is -0.229. The van der Waals surface area contributed by atoms with E-state index in [0.29, 0.717) is 36.5 Å². The Morgan fingerprint density at radius 2 is 2.00 bits per heavy atom. The van der Waals surface area contributed by atoms with Gasteiger partial charge in [0.25, 0.3) is 5.56 Å². The Kier molecular flexibility index (Phi) is 7.02. The number of nitrogens with two attached hydrogens (primary N) is 1. The van der Waals surface area contributed by atoms with Crippen molar-refractivity contribution in [3.8, 4) is 5.75 Å². The van der Waals surface area contributed by atoms with Gasteiger partial charge in [-0.3, -0.25) is 9.59 Å². The number of nitrogens with zero attached hydrogens (tertiary/aromatic N) is 1. The van der Waals surface area contributed by atoms with Gasteiger partial charge in [-0.2, -0.15) is 0 Å². The number of carbonyl (C=O) groups excluding carboxylic acids is 1. The third-order valence-electron chi connectivity index (χ3n) is 3.35. The van der Waals surface area contributed by atoms with Crippen molar-refractivity contribution in [2.24, 2.45) is 5.73 Å². The summed E-state index contributed by atoms with van der Waals surface area (Å²) in [5, 5.41) is 2.67. The molecule has 0 saturated carbocycles. The van der Waals surface area contributed by atoms with Crippen LogP contribution in [-0.2, 0) is 17.9 Å². The van der Waals surface area contributed by atoms with E-state index in [9.17, 15) is 9.59 Å². The quantitative estimate of drug-likeness (QED) is 0.713. The topological polar surface area (TPSA) is 86.3 Å². The van der Waals surface area contributed by atoms with E-state index < -0.39 is 0 Å². The van der Waals surface area contributed by atoms with Crippen LogP contribution in [0.4, 0.5) is 0 Å². The molecule has 0 atom stereocenters. The van der Waals surface area contributed by atoms with E-state index in [0.717, 1.165) is 5.56 Å². The minimum Gasteiger partial charge on any atom is -0.487 e. The number of aromatic nitrogens is 1. The largest absolute Gasteiger partial charge is 0.487 e. The van der Waals surface area contributed by atoms with E-state index in [2.05, 4.69) is 21.2 Å². The number of rotatable bonds is 8. The van der Waals surface area contributed by atoms with E-state index in [1.165, 1.54) is 4.57 Å². The van der Waals surface area contributed by atoms with E-state index in [1.54, 1.807) is 12.3 Å². The smallest absolute Gasteiger partial charge is 0.268 e. The monoisotopic (exact) mass is 393 g/mol. The van der Waals surface area contributed by atoms with E-state index in [1.807, 2.05) is 30.3 Å². The Balaban J connectivity index is 1.97. The second-order valence-corrected chi connectivity index (χ2v) is 5.95. The molecule has 1 amide bonds. The maximum atomic E-state index is 12.3. The number of pyridine rings is 1. The van der Waals surface area contributed by atoms with Gasteiger partial charge in [0, 0.05) is 32.3 Å². The summed E-state index contributed by atoms with van der Waals surface area (Å²) < 4.78 is 7.51. The average Bonchev–Trinajstić information content (AvgIpc) is 2.61. The summed E-state index contributed by atoms with van der Waals surface area (Å²) in [6, 6.07) is 11.4. The predicted molar refractivity (Wildman–Crippen MR) is 95.9 cm³/mol. The molecule has 0 bridgehead atoms. The van der Waals surface area contributed by atoms with Gasteiger partial charge in [-0.15, -0.1) is 0 Å². The standard InChI is InChI=1S/C17H20BrN3O3/c18-16-14(24-12-13-4-2-1-3-5-13)6-10-21(17(16)23)11-7-15(22)20-9-8-19/h1-6,10H,7-9,11-12,19H2,(H,20,22). The van der Waals surface area contributed by atoms with Crippen LogP contribution >= 0.6 is 15.9 Å². The fraction of sp³-hybridized carbons (Fsp3) is 0.294. The van der Waals surface area contributed by atoms with Crippen molar-refractivity contribution in [3.63, 3.8) is 0 Å². The molecule has 2 rings (SSSR count). The number of hydrogen-bond donors (Lipinski definition) is 2. The minimum absolute atomic E-state index is 0.132. The summed E-state index contributed by atoms with van der Waals surface area (Å²) in [4.78, 5) is 23.9. The molecule has 2 aromatic rings. The van der Waals surface area contributed by atoms with Crippen molar-refractivity contribution in [2.75, 3.05) is 13.1 Å². The van der Waals surface area contributed by atoms with Crippen molar-refractivity contribution in [2.45, 2.75) is 19.6 Å². The van der Waals surface area contributed by atoms with Gasteiger partial charge in [0.05, 0.1) is 0 Å². The van der Waals surface area contributed by atoms with Gasteiger partial charge in [0.1, 0.15) is 16.8 Å². The second-order valence-electron chi connectivity index (χ2n) is 5.16. The third-order valence-corrected chi connectivity index (χ3v) is 4.08. The van der Waals surface area contributed by atoms with Crippen LogP contribution in [0.3, 0.4) is 0 Å². The van der Waals surface area contributed by atoms with Crippen molar-refractivity contribution < 1.29 is 9.53 Å². The molecular weight excluding hydrogens is 374 g/mol. The Bertz CT molecular complexity index is 732. The van der Waals surface area contributed by atoms with Crippen LogP contribution in [0.15, 0.2) is 51.9 Å². The molecule has 0 aliphatic carbocycles. The molecule has 1 heterocycles. The molecule has 0 radical (unpaired) electrons. The molecule has 3 N–H and O–H groups in total. The van der Waals surface area contributed by atoms with Gasteiger partial charge in [0.2, 0.25) is 5.91 Å². The molecule has 1 aromatic carbocycles. The molecule has 0 spiro atoms. The summed E-state index contributed by atoms with van der Waals surface area (Å²) in [5.74, 6) is 0.348. The van der Waals surface area contributed by atoms with Gasteiger partial charge >= 0.3 is 0 Å². The zero-order valence-corrected chi connectivity index (χ0v) is 14.8. The molecule has 0 unspecified atom stereocenters. The maximum absolute atomic E-state index is 12.3. The lowest BCUT2D eigenvalue weighted by Gasteiger charge is -2.11. The highest BCUT2D eigenvalue weighted by Crippen LogP contribution is 2.21. The van der Waals surface area contributed by atoms with Crippen molar-refractivity contribution >= 4 is 21.8 Å². The lowest BCUT2D eigenvalue weighted by atomic mass is 10.2. The Hall–Kier alpha value is -2.12. The van der Waals surface area contributed by atoms with Gasteiger partial charge in [-0.05, 0) is 27.6 Å². The fourth-order valence-corrected chi connectivity index (χ4v) is 2.55.